The number of hydrogen-bond acceptors (Lipinski definition) is 3. The SMILES string of the molecule is Cc1cc(CNc2cccc3c2CCCC3)oc1C(=O)O. The highest BCUT2D eigenvalue weighted by Gasteiger charge is 2.15. The number of furan rings is 1. The van der Waals surface area contributed by atoms with E-state index in [-0.39, 0.29) is 5.76 Å². The number of carboxylic acids is 1. The van der Waals surface area contributed by atoms with Crippen molar-refractivity contribution < 1.29 is 14.3 Å². The highest BCUT2D eigenvalue weighted by Crippen LogP contribution is 2.28. The van der Waals surface area contributed by atoms with Gasteiger partial charge < -0.3 is 14.8 Å². The predicted octanol–water partition coefficient (Wildman–Crippen LogP) is 3.78. The first-order chi connectivity index (χ1) is 10.1. The molecule has 1 aliphatic rings. The van der Waals surface area contributed by atoms with Crippen LogP contribution in [0, 0.1) is 6.92 Å². The lowest BCUT2D eigenvalue weighted by Gasteiger charge is -2.19. The highest BCUT2D eigenvalue weighted by molar-refractivity contribution is 5.86. The summed E-state index contributed by atoms with van der Waals surface area (Å²) in [6.07, 6.45) is 4.74. The minimum atomic E-state index is -1.02. The van der Waals surface area contributed by atoms with Crippen LogP contribution in [-0.4, -0.2) is 11.1 Å². The average molecular weight is 285 g/mol. The molecule has 0 saturated carbocycles. The van der Waals surface area contributed by atoms with Crippen molar-refractivity contribution in [3.05, 3.63) is 52.5 Å². The molecule has 3 rings (SSSR count). The molecule has 0 unspecified atom stereocenters. The Labute approximate surface area is 123 Å². The maximum Gasteiger partial charge on any atom is 0.372 e. The maximum atomic E-state index is 11.0. The van der Waals surface area contributed by atoms with Crippen LogP contribution in [0.5, 0.6) is 0 Å². The number of nitrogens with one attached hydrogen (secondary N) is 1. The smallest absolute Gasteiger partial charge is 0.372 e. The summed E-state index contributed by atoms with van der Waals surface area (Å²) >= 11 is 0. The Morgan fingerprint density at radius 1 is 1.33 bits per heavy atom. The summed E-state index contributed by atoms with van der Waals surface area (Å²) in [6, 6.07) is 8.13. The number of aryl methyl sites for hydroxylation is 2. The van der Waals surface area contributed by atoms with Gasteiger partial charge in [-0.25, -0.2) is 4.79 Å². The van der Waals surface area contributed by atoms with Gasteiger partial charge in [-0.05, 0) is 55.9 Å². The van der Waals surface area contributed by atoms with Crippen LogP contribution in [0.25, 0.3) is 0 Å². The van der Waals surface area contributed by atoms with E-state index in [9.17, 15) is 4.79 Å². The normalized spacial score (nSPS) is 13.8. The molecule has 1 aliphatic carbocycles. The first-order valence-electron chi connectivity index (χ1n) is 7.32. The Bertz CT molecular complexity index is 673. The lowest BCUT2D eigenvalue weighted by atomic mass is 9.90. The van der Waals surface area contributed by atoms with E-state index < -0.39 is 5.97 Å². The van der Waals surface area contributed by atoms with Crippen LogP contribution in [0.15, 0.2) is 28.7 Å². The molecule has 110 valence electrons. The van der Waals surface area contributed by atoms with E-state index in [1.54, 1.807) is 13.0 Å². The van der Waals surface area contributed by atoms with Gasteiger partial charge in [-0.15, -0.1) is 0 Å². The third kappa shape index (κ3) is 2.79. The first kappa shape index (κ1) is 13.7. The van der Waals surface area contributed by atoms with E-state index in [0.717, 1.165) is 18.5 Å². The number of rotatable bonds is 4. The molecule has 4 heteroatoms. The van der Waals surface area contributed by atoms with Gasteiger partial charge in [0.2, 0.25) is 5.76 Å². The molecule has 1 aromatic carbocycles. The summed E-state index contributed by atoms with van der Waals surface area (Å²) in [7, 11) is 0. The van der Waals surface area contributed by atoms with Crippen molar-refractivity contribution >= 4 is 11.7 Å². The van der Waals surface area contributed by atoms with Crippen LogP contribution in [0.2, 0.25) is 0 Å². The minimum absolute atomic E-state index is 0.0295. The fourth-order valence-corrected chi connectivity index (χ4v) is 2.98. The molecule has 0 atom stereocenters. The Morgan fingerprint density at radius 3 is 2.90 bits per heavy atom. The molecule has 21 heavy (non-hydrogen) atoms. The number of anilines is 1. The molecule has 0 fully saturated rings. The van der Waals surface area contributed by atoms with E-state index in [2.05, 4.69) is 23.5 Å². The molecular formula is C17H19NO3. The fourth-order valence-electron chi connectivity index (χ4n) is 2.98. The van der Waals surface area contributed by atoms with Crippen LogP contribution in [-0.2, 0) is 19.4 Å². The quantitative estimate of drug-likeness (QED) is 0.897. The molecule has 0 aliphatic heterocycles. The van der Waals surface area contributed by atoms with Crippen LogP contribution in [0.1, 0.15) is 45.8 Å². The first-order valence-corrected chi connectivity index (χ1v) is 7.32. The zero-order valence-electron chi connectivity index (χ0n) is 12.1. The summed E-state index contributed by atoms with van der Waals surface area (Å²) in [5, 5.41) is 12.4. The van der Waals surface area contributed by atoms with Crippen molar-refractivity contribution in [2.75, 3.05) is 5.32 Å². The third-order valence-corrected chi connectivity index (χ3v) is 4.01. The van der Waals surface area contributed by atoms with E-state index in [0.29, 0.717) is 17.9 Å². The molecule has 0 saturated heterocycles. The van der Waals surface area contributed by atoms with E-state index in [1.807, 2.05) is 0 Å². The number of benzene rings is 1. The third-order valence-electron chi connectivity index (χ3n) is 4.01. The molecule has 1 aromatic heterocycles. The Hall–Kier alpha value is -2.23. The van der Waals surface area contributed by atoms with Gasteiger partial charge in [0.15, 0.2) is 0 Å². The van der Waals surface area contributed by atoms with Crippen LogP contribution < -0.4 is 5.32 Å². The van der Waals surface area contributed by atoms with Gasteiger partial charge in [0.1, 0.15) is 5.76 Å². The number of fused-ring (bicyclic) bond motifs is 1. The maximum absolute atomic E-state index is 11.0. The lowest BCUT2D eigenvalue weighted by Crippen LogP contribution is -2.08. The Morgan fingerprint density at radius 2 is 2.14 bits per heavy atom. The van der Waals surface area contributed by atoms with Crippen molar-refractivity contribution in [1.82, 2.24) is 0 Å². The molecule has 0 radical (unpaired) electrons. The lowest BCUT2D eigenvalue weighted by molar-refractivity contribution is 0.0659. The van der Waals surface area contributed by atoms with Crippen molar-refractivity contribution in [3.8, 4) is 0 Å². The second-order valence-electron chi connectivity index (χ2n) is 5.53. The number of hydrogen-bond donors (Lipinski definition) is 2. The average Bonchev–Trinajstić information content (AvgIpc) is 2.86. The molecular weight excluding hydrogens is 266 g/mol. The van der Waals surface area contributed by atoms with Gasteiger partial charge in [0, 0.05) is 11.3 Å². The largest absolute Gasteiger partial charge is 0.475 e. The molecule has 0 spiro atoms. The Balaban J connectivity index is 1.76. The summed E-state index contributed by atoms with van der Waals surface area (Å²) in [5.74, 6) is -0.337. The zero-order chi connectivity index (χ0) is 14.8. The van der Waals surface area contributed by atoms with E-state index in [1.165, 1.54) is 24.0 Å². The number of carboxylic acid groups (broad SMARTS) is 1. The molecule has 2 aromatic rings. The van der Waals surface area contributed by atoms with Gasteiger partial charge in [0.25, 0.3) is 0 Å². The minimum Gasteiger partial charge on any atom is -0.475 e. The number of carbonyl (C=O) groups is 1. The second kappa shape index (κ2) is 5.64. The summed E-state index contributed by atoms with van der Waals surface area (Å²) in [4.78, 5) is 11.0. The monoisotopic (exact) mass is 285 g/mol. The van der Waals surface area contributed by atoms with Gasteiger partial charge in [-0.2, -0.15) is 0 Å². The van der Waals surface area contributed by atoms with Crippen LogP contribution >= 0.6 is 0 Å². The van der Waals surface area contributed by atoms with Gasteiger partial charge in [-0.3, -0.25) is 0 Å². The summed E-state index contributed by atoms with van der Waals surface area (Å²) in [6.45, 7) is 2.26. The molecule has 4 nitrogen and oxygen atoms in total. The summed E-state index contributed by atoms with van der Waals surface area (Å²) < 4.78 is 5.38. The topological polar surface area (TPSA) is 62.5 Å². The van der Waals surface area contributed by atoms with Crippen molar-refractivity contribution in [1.29, 1.82) is 0 Å². The number of aromatic carboxylic acids is 1. The predicted molar refractivity (Wildman–Crippen MR) is 80.8 cm³/mol. The highest BCUT2D eigenvalue weighted by atomic mass is 16.4. The molecule has 0 amide bonds. The van der Waals surface area contributed by atoms with Gasteiger partial charge >= 0.3 is 5.97 Å². The van der Waals surface area contributed by atoms with Crippen molar-refractivity contribution in [2.45, 2.75) is 39.2 Å². The van der Waals surface area contributed by atoms with Crippen molar-refractivity contribution in [2.24, 2.45) is 0 Å². The van der Waals surface area contributed by atoms with Crippen LogP contribution in [0.3, 0.4) is 0 Å². The summed E-state index contributed by atoms with van der Waals surface area (Å²) in [5.41, 5.74) is 4.62. The van der Waals surface area contributed by atoms with Crippen molar-refractivity contribution in [3.63, 3.8) is 0 Å². The molecule has 1 heterocycles. The fraction of sp³-hybridized carbons (Fsp3) is 0.353. The molecule has 0 bridgehead atoms. The molecule has 2 N–H and O–H groups in total. The zero-order valence-corrected chi connectivity index (χ0v) is 12.1. The van der Waals surface area contributed by atoms with Crippen LogP contribution in [0.4, 0.5) is 5.69 Å². The van der Waals surface area contributed by atoms with Gasteiger partial charge in [0.05, 0.1) is 6.54 Å². The Kier molecular flexibility index (Phi) is 3.69. The van der Waals surface area contributed by atoms with Gasteiger partial charge in [-0.1, -0.05) is 12.1 Å². The second-order valence-corrected chi connectivity index (χ2v) is 5.53. The van der Waals surface area contributed by atoms with E-state index in [4.69, 9.17) is 9.52 Å². The van der Waals surface area contributed by atoms with E-state index >= 15 is 0 Å². The standard InChI is InChI=1S/C17H19NO3/c1-11-9-13(21-16(11)17(19)20)10-18-15-8-4-6-12-5-2-3-7-14(12)15/h4,6,8-9,18H,2-3,5,7,10H2,1H3,(H,19,20).